The van der Waals surface area contributed by atoms with Gasteiger partial charge in [0.1, 0.15) is 24.0 Å². The van der Waals surface area contributed by atoms with Crippen LogP contribution in [0.25, 0.3) is 11.4 Å². The van der Waals surface area contributed by atoms with Gasteiger partial charge in [-0.1, -0.05) is 25.1 Å². The first-order chi connectivity index (χ1) is 18.8. The van der Waals surface area contributed by atoms with Gasteiger partial charge < -0.3 is 14.9 Å². The lowest BCUT2D eigenvalue weighted by Gasteiger charge is -2.29. The highest BCUT2D eigenvalue weighted by Crippen LogP contribution is 2.27. The van der Waals surface area contributed by atoms with Crippen molar-refractivity contribution in [1.29, 1.82) is 0 Å². The summed E-state index contributed by atoms with van der Waals surface area (Å²) in [6.07, 6.45) is -2.54. The van der Waals surface area contributed by atoms with E-state index in [4.69, 9.17) is 19.7 Å². The van der Waals surface area contributed by atoms with Gasteiger partial charge in [0, 0.05) is 55.9 Å². The lowest BCUT2D eigenvalue weighted by Crippen LogP contribution is -2.35. The summed E-state index contributed by atoms with van der Waals surface area (Å²) >= 11 is 0. The van der Waals surface area contributed by atoms with Crippen LogP contribution in [0.2, 0.25) is 0 Å². The Labute approximate surface area is 226 Å². The second kappa shape index (κ2) is 13.3. The predicted molar refractivity (Wildman–Crippen MR) is 132 cm³/mol. The number of carbonyl (C=O) groups is 2. The number of hydrogen-bond donors (Lipinski definition) is 2. The SMILES string of the molecule is CC(CC(=O)O)CN1CCc2nc(-c3ccc(OCc4ccccc4F)cc3F)ncc2C1.O=C(O)C(F)(F)F. The van der Waals surface area contributed by atoms with Crippen LogP contribution >= 0.6 is 0 Å². The molecule has 0 bridgehead atoms. The molecule has 1 unspecified atom stereocenters. The lowest BCUT2D eigenvalue weighted by molar-refractivity contribution is -0.192. The number of carboxylic acid groups (broad SMARTS) is 2. The Morgan fingerprint density at radius 2 is 1.80 bits per heavy atom. The van der Waals surface area contributed by atoms with Crippen LogP contribution in [0, 0.1) is 17.6 Å². The Kier molecular flexibility index (Phi) is 10.1. The van der Waals surface area contributed by atoms with Crippen LogP contribution in [0.3, 0.4) is 0 Å². The highest BCUT2D eigenvalue weighted by molar-refractivity contribution is 5.73. The third-order valence-electron chi connectivity index (χ3n) is 5.88. The fraction of sp³-hybridized carbons (Fsp3) is 0.333. The molecule has 1 aliphatic heterocycles. The molecule has 8 nitrogen and oxygen atoms in total. The van der Waals surface area contributed by atoms with E-state index < -0.39 is 23.9 Å². The number of aliphatic carboxylic acids is 2. The summed E-state index contributed by atoms with van der Waals surface area (Å²) in [7, 11) is 0. The van der Waals surface area contributed by atoms with Crippen LogP contribution in [-0.2, 0) is 29.2 Å². The third-order valence-corrected chi connectivity index (χ3v) is 5.88. The number of alkyl halides is 3. The summed E-state index contributed by atoms with van der Waals surface area (Å²) in [5.74, 6) is -3.78. The van der Waals surface area contributed by atoms with Crippen LogP contribution in [-0.4, -0.2) is 56.3 Å². The molecule has 1 aromatic heterocycles. The summed E-state index contributed by atoms with van der Waals surface area (Å²) < 4.78 is 65.8. The van der Waals surface area contributed by atoms with E-state index in [1.165, 1.54) is 12.1 Å². The first-order valence-electron chi connectivity index (χ1n) is 12.1. The standard InChI is InChI=1S/C25H25F2N3O3.C2HF3O2/c1-16(10-24(31)32)13-30-9-8-23-18(14-30)12-28-25(29-23)20-7-6-19(11-22(20)27)33-15-17-4-2-3-5-21(17)26;3-2(4,5)1(6)7/h2-7,11-12,16H,8-10,13-15H2,1H3,(H,31,32);(H,6,7). The van der Waals surface area contributed by atoms with E-state index in [-0.39, 0.29) is 30.3 Å². The molecule has 0 saturated carbocycles. The van der Waals surface area contributed by atoms with Crippen LogP contribution in [0.5, 0.6) is 5.75 Å². The normalized spacial score (nSPS) is 13.9. The van der Waals surface area contributed by atoms with E-state index in [0.717, 1.165) is 17.8 Å². The van der Waals surface area contributed by atoms with Crippen molar-refractivity contribution in [3.63, 3.8) is 0 Å². The average Bonchev–Trinajstić information content (AvgIpc) is 2.87. The quantitative estimate of drug-likeness (QED) is 0.362. The van der Waals surface area contributed by atoms with Crippen molar-refractivity contribution in [1.82, 2.24) is 14.9 Å². The zero-order valence-electron chi connectivity index (χ0n) is 21.3. The molecule has 1 aliphatic rings. The number of fused-ring (bicyclic) bond motifs is 1. The smallest absolute Gasteiger partial charge is 0.489 e. The van der Waals surface area contributed by atoms with E-state index in [1.54, 1.807) is 36.5 Å². The molecule has 13 heteroatoms. The molecule has 0 radical (unpaired) electrons. The van der Waals surface area contributed by atoms with Crippen molar-refractivity contribution in [3.05, 3.63) is 77.1 Å². The lowest BCUT2D eigenvalue weighted by atomic mass is 10.0. The minimum Gasteiger partial charge on any atom is -0.489 e. The number of aromatic nitrogens is 2. The number of halogens is 5. The van der Waals surface area contributed by atoms with E-state index in [2.05, 4.69) is 14.9 Å². The Balaban J connectivity index is 0.000000559. The summed E-state index contributed by atoms with van der Waals surface area (Å²) in [4.78, 5) is 30.9. The maximum atomic E-state index is 14.8. The molecule has 40 heavy (non-hydrogen) atoms. The van der Waals surface area contributed by atoms with Gasteiger partial charge in [0.2, 0.25) is 0 Å². The molecular formula is C27H26F5N3O5. The second-order valence-corrected chi connectivity index (χ2v) is 9.18. The molecular weight excluding hydrogens is 541 g/mol. The van der Waals surface area contributed by atoms with Gasteiger partial charge in [-0.15, -0.1) is 0 Å². The van der Waals surface area contributed by atoms with Gasteiger partial charge in [-0.05, 0) is 24.1 Å². The zero-order chi connectivity index (χ0) is 29.4. The van der Waals surface area contributed by atoms with E-state index in [0.29, 0.717) is 36.6 Å². The van der Waals surface area contributed by atoms with Gasteiger partial charge in [-0.25, -0.2) is 23.5 Å². The molecule has 4 rings (SSSR count). The van der Waals surface area contributed by atoms with E-state index >= 15 is 0 Å². The van der Waals surface area contributed by atoms with Gasteiger partial charge >= 0.3 is 18.1 Å². The van der Waals surface area contributed by atoms with Gasteiger partial charge in [0.05, 0.1) is 11.3 Å². The summed E-state index contributed by atoms with van der Waals surface area (Å²) in [6.45, 7) is 4.03. The third kappa shape index (κ3) is 8.70. The number of hydrogen-bond acceptors (Lipinski definition) is 6. The highest BCUT2D eigenvalue weighted by atomic mass is 19.4. The molecule has 2 aromatic carbocycles. The van der Waals surface area contributed by atoms with E-state index in [9.17, 15) is 26.7 Å². The van der Waals surface area contributed by atoms with Gasteiger partial charge in [0.15, 0.2) is 5.82 Å². The second-order valence-electron chi connectivity index (χ2n) is 9.18. The maximum Gasteiger partial charge on any atom is 0.490 e. The average molecular weight is 568 g/mol. The molecule has 0 amide bonds. The molecule has 0 spiro atoms. The van der Waals surface area contributed by atoms with Gasteiger partial charge in [-0.2, -0.15) is 13.2 Å². The number of ether oxygens (including phenoxy) is 1. The number of benzene rings is 2. The molecule has 3 aromatic rings. The molecule has 214 valence electrons. The van der Waals surface area contributed by atoms with Crippen molar-refractivity contribution in [2.45, 2.75) is 39.1 Å². The minimum absolute atomic E-state index is 0.00237. The zero-order valence-corrected chi connectivity index (χ0v) is 21.3. The summed E-state index contributed by atoms with van der Waals surface area (Å²) in [5.41, 5.74) is 2.51. The molecule has 2 N–H and O–H groups in total. The number of rotatable bonds is 8. The fourth-order valence-corrected chi connectivity index (χ4v) is 4.01. The van der Waals surface area contributed by atoms with Crippen molar-refractivity contribution in [2.24, 2.45) is 5.92 Å². The molecule has 0 aliphatic carbocycles. The monoisotopic (exact) mass is 567 g/mol. The van der Waals surface area contributed by atoms with Crippen LogP contribution in [0.15, 0.2) is 48.7 Å². The van der Waals surface area contributed by atoms with Gasteiger partial charge in [-0.3, -0.25) is 9.69 Å². The minimum atomic E-state index is -5.08. The van der Waals surface area contributed by atoms with Crippen molar-refractivity contribution >= 4 is 11.9 Å². The Bertz CT molecular complexity index is 1350. The van der Waals surface area contributed by atoms with E-state index in [1.807, 2.05) is 6.92 Å². The first kappa shape index (κ1) is 30.4. The Hall–Kier alpha value is -4.13. The largest absolute Gasteiger partial charge is 0.490 e. The molecule has 0 fully saturated rings. The number of carboxylic acids is 2. The van der Waals surface area contributed by atoms with Crippen LogP contribution in [0.1, 0.15) is 30.2 Å². The fourth-order valence-electron chi connectivity index (χ4n) is 4.01. The predicted octanol–water partition coefficient (Wildman–Crippen LogP) is 5.10. The first-order valence-corrected chi connectivity index (χ1v) is 12.1. The molecule has 0 saturated heterocycles. The Morgan fingerprint density at radius 1 is 1.10 bits per heavy atom. The summed E-state index contributed by atoms with van der Waals surface area (Å²) in [6, 6.07) is 10.7. The molecule has 1 atom stereocenters. The maximum absolute atomic E-state index is 14.8. The number of nitrogens with zero attached hydrogens (tertiary/aromatic N) is 3. The van der Waals surface area contributed by atoms with Crippen molar-refractivity contribution in [2.75, 3.05) is 13.1 Å². The van der Waals surface area contributed by atoms with Gasteiger partial charge in [0.25, 0.3) is 0 Å². The van der Waals surface area contributed by atoms with Crippen LogP contribution < -0.4 is 4.74 Å². The van der Waals surface area contributed by atoms with Crippen molar-refractivity contribution < 1.29 is 46.5 Å². The molecule has 2 heterocycles. The topological polar surface area (TPSA) is 113 Å². The Morgan fingerprint density at radius 3 is 2.42 bits per heavy atom. The summed E-state index contributed by atoms with van der Waals surface area (Å²) in [5, 5.41) is 16.1. The highest BCUT2D eigenvalue weighted by Gasteiger charge is 2.38. The van der Waals surface area contributed by atoms with Crippen molar-refractivity contribution in [3.8, 4) is 17.1 Å². The van der Waals surface area contributed by atoms with Crippen LogP contribution in [0.4, 0.5) is 22.0 Å².